The molecule has 6 heteroatoms. The van der Waals surface area contributed by atoms with Crippen LogP contribution in [0.5, 0.6) is 5.75 Å². The molecule has 0 heterocycles. The molecule has 1 saturated carbocycles. The highest BCUT2D eigenvalue weighted by Crippen LogP contribution is 2.33. The Hall–Kier alpha value is -1.66. The largest absolute Gasteiger partial charge is 0.493 e. The van der Waals surface area contributed by atoms with E-state index in [1.165, 1.54) is 12.1 Å². The van der Waals surface area contributed by atoms with Gasteiger partial charge in [0.1, 0.15) is 17.7 Å². The lowest BCUT2D eigenvalue weighted by Gasteiger charge is -2.20. The van der Waals surface area contributed by atoms with Crippen LogP contribution in [0.1, 0.15) is 30.9 Å². The maximum absolute atomic E-state index is 13.3. The Morgan fingerprint density at radius 3 is 2.75 bits per heavy atom. The number of ether oxygens (including phenoxy) is 1. The molecule has 4 N–H and O–H groups in total. The van der Waals surface area contributed by atoms with Crippen molar-refractivity contribution in [3.63, 3.8) is 0 Å². The highest BCUT2D eigenvalue weighted by molar-refractivity contribution is 5.74. The van der Waals surface area contributed by atoms with Crippen LogP contribution in [-0.4, -0.2) is 28.8 Å². The minimum absolute atomic E-state index is 0.124. The molecule has 2 rings (SSSR count). The van der Waals surface area contributed by atoms with Crippen molar-refractivity contribution < 1.29 is 24.1 Å². The molecule has 5 nitrogen and oxygen atoms in total. The number of carbonyl (C=O) groups is 1. The molecule has 0 saturated heterocycles. The van der Waals surface area contributed by atoms with Gasteiger partial charge in [0.25, 0.3) is 0 Å². The SMILES string of the molecule is NC(=O)CC(O)C(O)c1cc(F)ccc1OCC1CC1. The number of amides is 1. The van der Waals surface area contributed by atoms with Crippen LogP contribution in [0.15, 0.2) is 18.2 Å². The van der Waals surface area contributed by atoms with E-state index in [0.717, 1.165) is 18.9 Å². The van der Waals surface area contributed by atoms with E-state index < -0.39 is 30.4 Å². The topological polar surface area (TPSA) is 92.8 Å². The molecular formula is C14H18FNO4. The Morgan fingerprint density at radius 2 is 2.15 bits per heavy atom. The van der Waals surface area contributed by atoms with Crippen LogP contribution >= 0.6 is 0 Å². The van der Waals surface area contributed by atoms with Crippen molar-refractivity contribution in [3.05, 3.63) is 29.6 Å². The fourth-order valence-corrected chi connectivity index (χ4v) is 1.90. The molecule has 1 amide bonds. The number of rotatable bonds is 7. The number of aliphatic hydroxyl groups excluding tert-OH is 2. The van der Waals surface area contributed by atoms with Crippen molar-refractivity contribution in [1.82, 2.24) is 0 Å². The van der Waals surface area contributed by atoms with Gasteiger partial charge in [0, 0.05) is 5.56 Å². The molecule has 2 unspecified atom stereocenters. The van der Waals surface area contributed by atoms with Crippen molar-refractivity contribution in [1.29, 1.82) is 0 Å². The second-order valence-electron chi connectivity index (χ2n) is 5.12. The van der Waals surface area contributed by atoms with E-state index in [1.807, 2.05) is 0 Å². The number of primary amides is 1. The van der Waals surface area contributed by atoms with E-state index in [0.29, 0.717) is 18.3 Å². The quantitative estimate of drug-likeness (QED) is 0.692. The first kappa shape index (κ1) is 14.7. The van der Waals surface area contributed by atoms with Gasteiger partial charge in [-0.1, -0.05) is 0 Å². The Morgan fingerprint density at radius 1 is 1.45 bits per heavy atom. The molecular weight excluding hydrogens is 265 g/mol. The molecule has 1 aliphatic carbocycles. The van der Waals surface area contributed by atoms with Crippen LogP contribution in [0.4, 0.5) is 4.39 Å². The summed E-state index contributed by atoms with van der Waals surface area (Å²) in [7, 11) is 0. The maximum atomic E-state index is 13.3. The molecule has 0 aromatic heterocycles. The van der Waals surface area contributed by atoms with E-state index in [1.54, 1.807) is 0 Å². The minimum Gasteiger partial charge on any atom is -0.493 e. The molecule has 1 aliphatic rings. The zero-order valence-corrected chi connectivity index (χ0v) is 11.0. The van der Waals surface area contributed by atoms with Crippen molar-refractivity contribution in [2.24, 2.45) is 11.7 Å². The number of carbonyl (C=O) groups excluding carboxylic acids is 1. The predicted molar refractivity (Wildman–Crippen MR) is 69.4 cm³/mol. The predicted octanol–water partition coefficient (Wildman–Crippen LogP) is 0.884. The van der Waals surface area contributed by atoms with Crippen LogP contribution < -0.4 is 10.5 Å². The van der Waals surface area contributed by atoms with Gasteiger partial charge < -0.3 is 20.7 Å². The smallest absolute Gasteiger partial charge is 0.220 e. The number of benzene rings is 1. The fraction of sp³-hybridized carbons (Fsp3) is 0.500. The van der Waals surface area contributed by atoms with Gasteiger partial charge in [-0.2, -0.15) is 0 Å². The average molecular weight is 283 g/mol. The molecule has 1 aromatic rings. The van der Waals surface area contributed by atoms with E-state index in [4.69, 9.17) is 10.5 Å². The number of aliphatic hydroxyl groups is 2. The number of hydrogen-bond acceptors (Lipinski definition) is 4. The molecule has 110 valence electrons. The average Bonchev–Trinajstić information content (AvgIpc) is 3.19. The summed E-state index contributed by atoms with van der Waals surface area (Å²) in [5.74, 6) is -0.479. The molecule has 1 aromatic carbocycles. The summed E-state index contributed by atoms with van der Waals surface area (Å²) in [6.07, 6.45) is -1.02. The molecule has 0 bridgehead atoms. The second kappa shape index (κ2) is 6.19. The molecule has 0 spiro atoms. The Labute approximate surface area is 116 Å². The second-order valence-corrected chi connectivity index (χ2v) is 5.12. The number of halogens is 1. The lowest BCUT2D eigenvalue weighted by atomic mass is 10.0. The van der Waals surface area contributed by atoms with E-state index >= 15 is 0 Å². The maximum Gasteiger partial charge on any atom is 0.220 e. The molecule has 2 atom stereocenters. The van der Waals surface area contributed by atoms with E-state index in [2.05, 4.69) is 0 Å². The first-order chi connectivity index (χ1) is 9.47. The summed E-state index contributed by atoms with van der Waals surface area (Å²) < 4.78 is 18.8. The Bertz CT molecular complexity index is 490. The summed E-state index contributed by atoms with van der Waals surface area (Å²) in [6, 6.07) is 3.73. The van der Waals surface area contributed by atoms with Crippen LogP contribution in [-0.2, 0) is 4.79 Å². The van der Waals surface area contributed by atoms with Gasteiger partial charge in [0.15, 0.2) is 0 Å². The first-order valence-corrected chi connectivity index (χ1v) is 6.54. The molecule has 0 radical (unpaired) electrons. The lowest BCUT2D eigenvalue weighted by Crippen LogP contribution is -2.26. The third-order valence-electron chi connectivity index (χ3n) is 3.24. The van der Waals surface area contributed by atoms with Gasteiger partial charge in [0.05, 0.1) is 19.1 Å². The number of nitrogens with two attached hydrogens (primary N) is 1. The van der Waals surface area contributed by atoms with Gasteiger partial charge in [-0.05, 0) is 37.0 Å². The first-order valence-electron chi connectivity index (χ1n) is 6.54. The monoisotopic (exact) mass is 283 g/mol. The van der Waals surface area contributed by atoms with Crippen molar-refractivity contribution in [3.8, 4) is 5.75 Å². The summed E-state index contributed by atoms with van der Waals surface area (Å²) in [5, 5.41) is 19.7. The van der Waals surface area contributed by atoms with Crippen LogP contribution in [0.25, 0.3) is 0 Å². The van der Waals surface area contributed by atoms with Crippen LogP contribution in [0.3, 0.4) is 0 Å². The van der Waals surface area contributed by atoms with Gasteiger partial charge in [0.2, 0.25) is 5.91 Å². The van der Waals surface area contributed by atoms with Crippen LogP contribution in [0.2, 0.25) is 0 Å². The molecule has 1 fully saturated rings. The van der Waals surface area contributed by atoms with Gasteiger partial charge in [-0.25, -0.2) is 4.39 Å². The summed E-state index contributed by atoms with van der Waals surface area (Å²) in [5.41, 5.74) is 5.09. The number of hydrogen-bond donors (Lipinski definition) is 3. The summed E-state index contributed by atoms with van der Waals surface area (Å²) >= 11 is 0. The van der Waals surface area contributed by atoms with Gasteiger partial charge >= 0.3 is 0 Å². The molecule has 20 heavy (non-hydrogen) atoms. The third kappa shape index (κ3) is 3.91. The van der Waals surface area contributed by atoms with E-state index in [-0.39, 0.29) is 5.56 Å². The third-order valence-corrected chi connectivity index (χ3v) is 3.24. The lowest BCUT2D eigenvalue weighted by molar-refractivity contribution is -0.121. The van der Waals surface area contributed by atoms with Gasteiger partial charge in [-0.15, -0.1) is 0 Å². The van der Waals surface area contributed by atoms with Crippen molar-refractivity contribution in [2.45, 2.75) is 31.5 Å². The highest BCUT2D eigenvalue weighted by atomic mass is 19.1. The van der Waals surface area contributed by atoms with Crippen molar-refractivity contribution >= 4 is 5.91 Å². The summed E-state index contributed by atoms with van der Waals surface area (Å²) in [4.78, 5) is 10.8. The Kier molecular flexibility index (Phi) is 4.57. The molecule has 0 aliphatic heterocycles. The summed E-state index contributed by atoms with van der Waals surface area (Å²) in [6.45, 7) is 0.497. The van der Waals surface area contributed by atoms with E-state index in [9.17, 15) is 19.4 Å². The fourth-order valence-electron chi connectivity index (χ4n) is 1.90. The van der Waals surface area contributed by atoms with Crippen LogP contribution in [0, 0.1) is 11.7 Å². The minimum atomic E-state index is -1.42. The normalized spacial score (nSPS) is 17.6. The highest BCUT2D eigenvalue weighted by Gasteiger charge is 2.26. The van der Waals surface area contributed by atoms with Gasteiger partial charge in [-0.3, -0.25) is 4.79 Å². The standard InChI is InChI=1S/C14H18FNO4/c15-9-3-4-12(20-7-8-1-2-8)10(5-9)14(19)11(17)6-13(16)18/h3-5,8,11,14,17,19H,1-2,6-7H2,(H2,16,18). The zero-order valence-electron chi connectivity index (χ0n) is 11.0. The van der Waals surface area contributed by atoms with Crippen molar-refractivity contribution in [2.75, 3.05) is 6.61 Å². The Balaban J connectivity index is 2.13. The zero-order chi connectivity index (χ0) is 14.7.